The Bertz CT molecular complexity index is 480. The number of aryl methyl sites for hydroxylation is 1. The van der Waals surface area contributed by atoms with Gasteiger partial charge in [0, 0.05) is 6.07 Å². The number of esters is 1. The van der Waals surface area contributed by atoms with Crippen molar-refractivity contribution in [3.05, 3.63) is 45.5 Å². The zero-order valence-corrected chi connectivity index (χ0v) is 10.4. The molecule has 0 aliphatic heterocycles. The lowest BCUT2D eigenvalue weighted by Gasteiger charge is -1.99. The number of nitro benzene ring substituents is 1. The number of hydrogen-bond acceptors (Lipinski definition) is 4. The van der Waals surface area contributed by atoms with Gasteiger partial charge in [0.25, 0.3) is 5.69 Å². The topological polar surface area (TPSA) is 69.4 Å². The molecule has 0 amide bonds. The summed E-state index contributed by atoms with van der Waals surface area (Å²) >= 11 is 0. The second kappa shape index (κ2) is 6.54. The molecule has 0 unspecified atom stereocenters. The van der Waals surface area contributed by atoms with Gasteiger partial charge in [-0.3, -0.25) is 14.9 Å². The van der Waals surface area contributed by atoms with Gasteiger partial charge in [-0.25, -0.2) is 0 Å². The van der Waals surface area contributed by atoms with E-state index in [9.17, 15) is 14.9 Å². The van der Waals surface area contributed by atoms with E-state index in [4.69, 9.17) is 4.74 Å². The highest BCUT2D eigenvalue weighted by atomic mass is 16.6. The molecule has 0 aliphatic carbocycles. The monoisotopic (exact) mass is 249 g/mol. The SMILES string of the molecule is CCOC(=O)CC=Cc1ccc(C)cc1[N+](=O)[O-]. The molecule has 0 N–H and O–H groups in total. The summed E-state index contributed by atoms with van der Waals surface area (Å²) in [5.74, 6) is -0.344. The Hall–Kier alpha value is -2.17. The second-order valence-corrected chi connectivity index (χ2v) is 3.73. The van der Waals surface area contributed by atoms with Crippen molar-refractivity contribution in [1.82, 2.24) is 0 Å². The largest absolute Gasteiger partial charge is 0.466 e. The molecular weight excluding hydrogens is 234 g/mol. The lowest BCUT2D eigenvalue weighted by atomic mass is 10.1. The quantitative estimate of drug-likeness (QED) is 0.457. The summed E-state index contributed by atoms with van der Waals surface area (Å²) in [6, 6.07) is 4.95. The van der Waals surface area contributed by atoms with Crippen LogP contribution in [0.15, 0.2) is 24.3 Å². The Balaban J connectivity index is 2.81. The lowest BCUT2D eigenvalue weighted by molar-refractivity contribution is -0.385. The van der Waals surface area contributed by atoms with E-state index in [1.807, 2.05) is 0 Å². The van der Waals surface area contributed by atoms with E-state index < -0.39 is 4.92 Å². The maximum atomic E-state index is 11.1. The molecule has 0 spiro atoms. The van der Waals surface area contributed by atoms with Crippen LogP contribution in [-0.4, -0.2) is 17.5 Å². The number of rotatable bonds is 5. The molecule has 1 rings (SSSR count). The molecule has 0 aromatic heterocycles. The fourth-order valence-electron chi connectivity index (χ4n) is 1.45. The smallest absolute Gasteiger partial charge is 0.309 e. The van der Waals surface area contributed by atoms with Crippen molar-refractivity contribution >= 4 is 17.7 Å². The molecule has 0 atom stereocenters. The van der Waals surface area contributed by atoms with Crippen LogP contribution in [0, 0.1) is 17.0 Å². The second-order valence-electron chi connectivity index (χ2n) is 3.73. The fraction of sp³-hybridized carbons (Fsp3) is 0.308. The first kappa shape index (κ1) is 13.9. The van der Waals surface area contributed by atoms with Gasteiger partial charge in [-0.2, -0.15) is 0 Å². The molecule has 1 aromatic rings. The van der Waals surface area contributed by atoms with Crippen LogP contribution in [0.5, 0.6) is 0 Å². The predicted molar refractivity (Wildman–Crippen MR) is 68.1 cm³/mol. The number of ether oxygens (including phenoxy) is 1. The third-order valence-electron chi connectivity index (χ3n) is 2.27. The Morgan fingerprint density at radius 2 is 2.22 bits per heavy atom. The van der Waals surface area contributed by atoms with Gasteiger partial charge in [-0.05, 0) is 25.5 Å². The van der Waals surface area contributed by atoms with Crippen molar-refractivity contribution in [2.75, 3.05) is 6.61 Å². The van der Waals surface area contributed by atoms with Crippen molar-refractivity contribution in [2.24, 2.45) is 0 Å². The van der Waals surface area contributed by atoms with Gasteiger partial charge < -0.3 is 4.74 Å². The van der Waals surface area contributed by atoms with Crippen LogP contribution in [0.2, 0.25) is 0 Å². The van der Waals surface area contributed by atoms with Crippen LogP contribution in [0.3, 0.4) is 0 Å². The number of carbonyl (C=O) groups is 1. The van der Waals surface area contributed by atoms with Crippen LogP contribution in [-0.2, 0) is 9.53 Å². The lowest BCUT2D eigenvalue weighted by Crippen LogP contribution is -2.01. The average Bonchev–Trinajstić information content (AvgIpc) is 2.31. The molecule has 0 saturated heterocycles. The Kier molecular flexibility index (Phi) is 5.05. The molecule has 1 aromatic carbocycles. The van der Waals surface area contributed by atoms with Crippen LogP contribution < -0.4 is 0 Å². The maximum absolute atomic E-state index is 11.1. The van der Waals surface area contributed by atoms with Crippen molar-refractivity contribution in [2.45, 2.75) is 20.3 Å². The van der Waals surface area contributed by atoms with Crippen molar-refractivity contribution in [1.29, 1.82) is 0 Å². The molecule has 0 bridgehead atoms. The summed E-state index contributed by atoms with van der Waals surface area (Å²) < 4.78 is 4.75. The summed E-state index contributed by atoms with van der Waals surface area (Å²) in [4.78, 5) is 21.5. The number of benzene rings is 1. The normalized spacial score (nSPS) is 10.6. The zero-order chi connectivity index (χ0) is 13.5. The molecule has 0 radical (unpaired) electrons. The van der Waals surface area contributed by atoms with E-state index in [0.29, 0.717) is 12.2 Å². The van der Waals surface area contributed by atoms with E-state index in [-0.39, 0.29) is 18.1 Å². The Labute approximate surface area is 105 Å². The molecule has 5 nitrogen and oxygen atoms in total. The minimum atomic E-state index is -0.433. The minimum absolute atomic E-state index is 0.0371. The van der Waals surface area contributed by atoms with Gasteiger partial charge in [0.2, 0.25) is 0 Å². The fourth-order valence-corrected chi connectivity index (χ4v) is 1.45. The molecule has 0 aliphatic rings. The molecule has 0 fully saturated rings. The molecule has 0 saturated carbocycles. The zero-order valence-electron chi connectivity index (χ0n) is 10.4. The molecule has 0 heterocycles. The summed E-state index contributed by atoms with van der Waals surface area (Å²) in [7, 11) is 0. The first-order chi connectivity index (χ1) is 8.54. The van der Waals surface area contributed by atoms with E-state index in [1.54, 1.807) is 38.1 Å². The Morgan fingerprint density at radius 3 is 2.83 bits per heavy atom. The van der Waals surface area contributed by atoms with Crippen molar-refractivity contribution in [3.63, 3.8) is 0 Å². The highest BCUT2D eigenvalue weighted by Gasteiger charge is 2.11. The molecule has 5 heteroatoms. The number of carbonyl (C=O) groups excluding carboxylic acids is 1. The number of nitro groups is 1. The molecular formula is C13H15NO4. The van der Waals surface area contributed by atoms with Gasteiger partial charge in [-0.15, -0.1) is 0 Å². The number of nitrogens with zero attached hydrogens (tertiary/aromatic N) is 1. The third kappa shape index (κ3) is 4.01. The van der Waals surface area contributed by atoms with Gasteiger partial charge in [-0.1, -0.05) is 18.2 Å². The number of hydrogen-bond donors (Lipinski definition) is 0. The van der Waals surface area contributed by atoms with E-state index in [2.05, 4.69) is 0 Å². The van der Waals surface area contributed by atoms with E-state index >= 15 is 0 Å². The predicted octanol–water partition coefficient (Wildman–Crippen LogP) is 2.87. The third-order valence-corrected chi connectivity index (χ3v) is 2.27. The van der Waals surface area contributed by atoms with Gasteiger partial charge in [0.15, 0.2) is 0 Å². The van der Waals surface area contributed by atoms with Crippen molar-refractivity contribution in [3.8, 4) is 0 Å². The highest BCUT2D eigenvalue weighted by Crippen LogP contribution is 2.21. The summed E-state index contributed by atoms with van der Waals surface area (Å²) in [6.07, 6.45) is 3.24. The Morgan fingerprint density at radius 1 is 1.50 bits per heavy atom. The standard InChI is InChI=1S/C13H15NO4/c1-3-18-13(15)6-4-5-11-8-7-10(2)9-12(11)14(16)17/h4-5,7-9H,3,6H2,1-2H3. The molecule has 96 valence electrons. The first-order valence-corrected chi connectivity index (χ1v) is 5.61. The first-order valence-electron chi connectivity index (χ1n) is 5.61. The summed E-state index contributed by atoms with van der Waals surface area (Å²) in [5.41, 5.74) is 1.34. The van der Waals surface area contributed by atoms with Crippen LogP contribution in [0.25, 0.3) is 6.08 Å². The van der Waals surface area contributed by atoms with E-state index in [1.165, 1.54) is 6.07 Å². The summed E-state index contributed by atoms with van der Waals surface area (Å²) in [6.45, 7) is 3.85. The maximum Gasteiger partial charge on any atom is 0.309 e. The van der Waals surface area contributed by atoms with Gasteiger partial charge in [0.1, 0.15) is 0 Å². The van der Waals surface area contributed by atoms with Gasteiger partial charge in [0.05, 0.1) is 23.5 Å². The summed E-state index contributed by atoms with van der Waals surface area (Å²) in [5, 5.41) is 10.9. The van der Waals surface area contributed by atoms with Crippen LogP contribution >= 0.6 is 0 Å². The highest BCUT2D eigenvalue weighted by molar-refractivity contribution is 5.73. The van der Waals surface area contributed by atoms with Crippen LogP contribution in [0.1, 0.15) is 24.5 Å². The van der Waals surface area contributed by atoms with Crippen LogP contribution in [0.4, 0.5) is 5.69 Å². The van der Waals surface area contributed by atoms with Crippen molar-refractivity contribution < 1.29 is 14.5 Å². The van der Waals surface area contributed by atoms with E-state index in [0.717, 1.165) is 5.56 Å². The minimum Gasteiger partial charge on any atom is -0.466 e. The average molecular weight is 249 g/mol. The molecule has 18 heavy (non-hydrogen) atoms. The van der Waals surface area contributed by atoms with Gasteiger partial charge >= 0.3 is 5.97 Å².